The summed E-state index contributed by atoms with van der Waals surface area (Å²) in [7, 11) is 0. The van der Waals surface area contributed by atoms with E-state index in [1.807, 2.05) is 0 Å². The Morgan fingerprint density at radius 3 is 2.53 bits per heavy atom. The maximum atomic E-state index is 12.1. The molecule has 0 heterocycles. The Morgan fingerprint density at radius 2 is 1.76 bits per heavy atom. The van der Waals surface area contributed by atoms with Crippen molar-refractivity contribution in [3.05, 3.63) is 52.6 Å². The van der Waals surface area contributed by atoms with E-state index in [2.05, 4.69) is 11.8 Å². The van der Waals surface area contributed by atoms with Gasteiger partial charge in [0.05, 0.1) is 5.57 Å². The average molecular weight is 222 g/mol. The van der Waals surface area contributed by atoms with E-state index in [1.165, 1.54) is 6.08 Å². The third kappa shape index (κ3) is 1.18. The van der Waals surface area contributed by atoms with E-state index in [0.29, 0.717) is 11.1 Å². The number of aliphatic hydroxyl groups is 1. The van der Waals surface area contributed by atoms with Crippen molar-refractivity contribution in [2.45, 2.75) is 0 Å². The zero-order valence-electron chi connectivity index (χ0n) is 8.65. The standard InChI is InChI=1S/C14H6O3/c15-11-7-3-6-10-12(11)14(17)9-5-2-1-4-8(9)13(10)16/h1-2,4-6,17H. The first-order valence-corrected chi connectivity index (χ1v) is 5.04. The van der Waals surface area contributed by atoms with E-state index >= 15 is 0 Å². The lowest BCUT2D eigenvalue weighted by Crippen LogP contribution is -2.21. The van der Waals surface area contributed by atoms with Gasteiger partial charge in [-0.05, 0) is 5.92 Å². The van der Waals surface area contributed by atoms with Gasteiger partial charge in [0.15, 0.2) is 5.78 Å². The van der Waals surface area contributed by atoms with Crippen LogP contribution >= 0.6 is 0 Å². The quantitative estimate of drug-likeness (QED) is 0.536. The lowest BCUT2D eigenvalue weighted by molar-refractivity contribution is -0.110. The molecule has 0 aliphatic heterocycles. The van der Waals surface area contributed by atoms with Crippen LogP contribution in [-0.2, 0) is 4.79 Å². The minimum absolute atomic E-state index is 0.0208. The number of Topliss-reactive ketones (excluding diaryl/α,β-unsaturated/α-hetero) is 2. The van der Waals surface area contributed by atoms with Crippen molar-refractivity contribution in [1.29, 1.82) is 0 Å². The number of fused-ring (bicyclic) bond motifs is 2. The molecule has 1 aromatic carbocycles. The van der Waals surface area contributed by atoms with E-state index in [9.17, 15) is 14.7 Å². The molecule has 0 atom stereocenters. The Balaban J connectivity index is 2.40. The molecular formula is C14H6O3. The highest BCUT2D eigenvalue weighted by Gasteiger charge is 2.33. The maximum Gasteiger partial charge on any atom is 0.240 e. The van der Waals surface area contributed by atoms with Crippen LogP contribution in [0.5, 0.6) is 0 Å². The molecule has 0 amide bonds. The summed E-state index contributed by atoms with van der Waals surface area (Å²) < 4.78 is 0. The Morgan fingerprint density at radius 1 is 1.06 bits per heavy atom. The van der Waals surface area contributed by atoms with Gasteiger partial charge in [-0.1, -0.05) is 30.2 Å². The second kappa shape index (κ2) is 3.19. The summed E-state index contributed by atoms with van der Waals surface area (Å²) in [6, 6.07) is 6.65. The molecule has 2 aliphatic rings. The van der Waals surface area contributed by atoms with Gasteiger partial charge in [-0.15, -0.1) is 0 Å². The number of allylic oxidation sites excluding steroid dienone is 3. The largest absolute Gasteiger partial charge is 0.506 e. The van der Waals surface area contributed by atoms with Crippen molar-refractivity contribution in [2.75, 3.05) is 0 Å². The van der Waals surface area contributed by atoms with Crippen molar-refractivity contribution >= 4 is 17.3 Å². The SMILES string of the molecule is O=C1C#CC=C2C(=O)c3ccccc3C(O)=C12. The van der Waals surface area contributed by atoms with Gasteiger partial charge in [0.25, 0.3) is 0 Å². The molecule has 0 bridgehead atoms. The van der Waals surface area contributed by atoms with E-state index in [4.69, 9.17) is 0 Å². The number of ketones is 2. The topological polar surface area (TPSA) is 54.4 Å². The second-order valence-electron chi connectivity index (χ2n) is 3.75. The van der Waals surface area contributed by atoms with Gasteiger partial charge in [-0.3, -0.25) is 9.59 Å². The fourth-order valence-electron chi connectivity index (χ4n) is 2.01. The summed E-state index contributed by atoms with van der Waals surface area (Å²) in [6.07, 6.45) is 1.38. The van der Waals surface area contributed by atoms with E-state index in [1.54, 1.807) is 24.3 Å². The van der Waals surface area contributed by atoms with Crippen LogP contribution in [0.25, 0.3) is 5.76 Å². The average Bonchev–Trinajstić information content (AvgIpc) is 2.36. The van der Waals surface area contributed by atoms with Crippen LogP contribution in [0, 0.1) is 11.8 Å². The molecule has 0 fully saturated rings. The van der Waals surface area contributed by atoms with Gasteiger partial charge >= 0.3 is 0 Å². The summed E-state index contributed by atoms with van der Waals surface area (Å²) in [5.74, 6) is 3.87. The molecule has 0 aromatic heterocycles. The number of benzene rings is 1. The molecular weight excluding hydrogens is 216 g/mol. The number of hydrogen-bond acceptors (Lipinski definition) is 3. The van der Waals surface area contributed by atoms with Crippen LogP contribution in [0.1, 0.15) is 15.9 Å². The molecule has 0 radical (unpaired) electrons. The Kier molecular flexibility index (Phi) is 1.81. The lowest BCUT2D eigenvalue weighted by atomic mass is 9.82. The molecule has 17 heavy (non-hydrogen) atoms. The van der Waals surface area contributed by atoms with Crippen LogP contribution in [0.4, 0.5) is 0 Å². The summed E-state index contributed by atoms with van der Waals surface area (Å²) in [6.45, 7) is 0. The first-order chi connectivity index (χ1) is 8.20. The predicted octanol–water partition coefficient (Wildman–Crippen LogP) is 1.66. The van der Waals surface area contributed by atoms with E-state index < -0.39 is 5.78 Å². The van der Waals surface area contributed by atoms with Gasteiger partial charge in [0, 0.05) is 22.8 Å². The van der Waals surface area contributed by atoms with Crippen molar-refractivity contribution < 1.29 is 14.7 Å². The van der Waals surface area contributed by atoms with Crippen LogP contribution in [-0.4, -0.2) is 16.7 Å². The fraction of sp³-hybridized carbons (Fsp3) is 0. The predicted molar refractivity (Wildman–Crippen MR) is 61.2 cm³/mol. The third-order valence-electron chi connectivity index (χ3n) is 2.81. The zero-order chi connectivity index (χ0) is 12.0. The van der Waals surface area contributed by atoms with Crippen molar-refractivity contribution in [3.8, 4) is 11.8 Å². The first-order valence-electron chi connectivity index (χ1n) is 5.04. The third-order valence-corrected chi connectivity index (χ3v) is 2.81. The molecule has 80 valence electrons. The highest BCUT2D eigenvalue weighted by Crippen LogP contribution is 2.34. The fourth-order valence-corrected chi connectivity index (χ4v) is 2.01. The Bertz CT molecular complexity index is 694. The molecule has 3 nitrogen and oxygen atoms in total. The number of aliphatic hydroxyl groups excluding tert-OH is 1. The first kappa shape index (κ1) is 9.61. The van der Waals surface area contributed by atoms with Crippen LogP contribution < -0.4 is 0 Å². The molecule has 0 saturated heterocycles. The molecule has 2 aliphatic carbocycles. The van der Waals surface area contributed by atoms with Crippen LogP contribution in [0.3, 0.4) is 0 Å². The van der Waals surface area contributed by atoms with Crippen molar-refractivity contribution in [1.82, 2.24) is 0 Å². The maximum absolute atomic E-state index is 12.1. The second-order valence-corrected chi connectivity index (χ2v) is 3.75. The highest BCUT2D eigenvalue weighted by atomic mass is 16.3. The highest BCUT2D eigenvalue weighted by molar-refractivity contribution is 6.30. The summed E-state index contributed by atoms with van der Waals surface area (Å²) in [4.78, 5) is 23.7. The molecule has 3 rings (SSSR count). The smallest absolute Gasteiger partial charge is 0.240 e. The summed E-state index contributed by atoms with van der Waals surface area (Å²) in [5, 5.41) is 10.0. The molecule has 0 unspecified atom stereocenters. The molecule has 1 aromatic rings. The van der Waals surface area contributed by atoms with Crippen LogP contribution in [0.15, 0.2) is 41.5 Å². The number of hydrogen-bond donors (Lipinski definition) is 1. The van der Waals surface area contributed by atoms with Crippen molar-refractivity contribution in [3.63, 3.8) is 0 Å². The zero-order valence-corrected chi connectivity index (χ0v) is 8.65. The normalized spacial score (nSPS) is 16.8. The number of carbonyl (C=O) groups excluding carboxylic acids is 2. The van der Waals surface area contributed by atoms with Gasteiger partial charge in [-0.25, -0.2) is 0 Å². The number of carbonyl (C=O) groups is 2. The summed E-state index contributed by atoms with van der Waals surface area (Å²) >= 11 is 0. The lowest BCUT2D eigenvalue weighted by Gasteiger charge is -2.19. The van der Waals surface area contributed by atoms with Gasteiger partial charge in [0.1, 0.15) is 5.76 Å². The minimum Gasteiger partial charge on any atom is -0.506 e. The minimum atomic E-state index is -0.511. The number of rotatable bonds is 0. The van der Waals surface area contributed by atoms with Gasteiger partial charge in [0.2, 0.25) is 5.78 Å². The molecule has 3 heteroatoms. The van der Waals surface area contributed by atoms with E-state index in [-0.39, 0.29) is 22.7 Å². The molecule has 0 saturated carbocycles. The van der Waals surface area contributed by atoms with Gasteiger partial charge in [-0.2, -0.15) is 0 Å². The van der Waals surface area contributed by atoms with Gasteiger partial charge < -0.3 is 5.11 Å². The monoisotopic (exact) mass is 222 g/mol. The Labute approximate surface area is 97.1 Å². The van der Waals surface area contributed by atoms with E-state index in [0.717, 1.165) is 0 Å². The molecule has 0 spiro atoms. The summed E-state index contributed by atoms with van der Waals surface area (Å²) in [5.41, 5.74) is 0.996. The van der Waals surface area contributed by atoms with Crippen LogP contribution in [0.2, 0.25) is 0 Å². The Hall–Kier alpha value is -2.60. The van der Waals surface area contributed by atoms with Crippen molar-refractivity contribution in [2.24, 2.45) is 0 Å². The molecule has 1 N–H and O–H groups in total.